The van der Waals surface area contributed by atoms with E-state index in [-0.39, 0.29) is 39.9 Å². The van der Waals surface area contributed by atoms with Gasteiger partial charge in [0.15, 0.2) is 11.5 Å². The quantitative estimate of drug-likeness (QED) is 0.183. The van der Waals surface area contributed by atoms with Gasteiger partial charge < -0.3 is 8.92 Å². The van der Waals surface area contributed by atoms with E-state index >= 15 is 0 Å². The Kier molecular flexibility index (Phi) is 7.91. The molecule has 0 heterocycles. The van der Waals surface area contributed by atoms with Crippen LogP contribution in [0.3, 0.4) is 0 Å². The zero-order valence-electron chi connectivity index (χ0n) is 18.6. The zero-order valence-corrected chi connectivity index (χ0v) is 19.4. The first kappa shape index (κ1) is 25.8. The van der Waals surface area contributed by atoms with E-state index in [0.29, 0.717) is 5.56 Å². The maximum atomic E-state index is 12.6. The lowest BCUT2D eigenvalue weighted by Crippen LogP contribution is -2.19. The van der Waals surface area contributed by atoms with Gasteiger partial charge in [-0.05, 0) is 48.9 Å². The minimum atomic E-state index is -4.33. The van der Waals surface area contributed by atoms with Crippen molar-refractivity contribution in [1.82, 2.24) is 5.43 Å². The Balaban J connectivity index is 1.78. The van der Waals surface area contributed by atoms with Crippen LogP contribution in [0.25, 0.3) is 0 Å². The second-order valence-electron chi connectivity index (χ2n) is 6.90. The van der Waals surface area contributed by atoms with Crippen LogP contribution in [0, 0.1) is 20.2 Å². The summed E-state index contributed by atoms with van der Waals surface area (Å²) in [5, 5.41) is 25.6. The molecule has 13 nitrogen and oxygen atoms in total. The number of hydrogen-bond acceptors (Lipinski definition) is 10. The number of nitrogens with one attached hydrogen (secondary N) is 1. The third-order valence-electron chi connectivity index (χ3n) is 4.53. The molecular formula is C22H18N4O9S. The molecule has 36 heavy (non-hydrogen) atoms. The highest BCUT2D eigenvalue weighted by Gasteiger charge is 2.21. The number of rotatable bonds is 10. The van der Waals surface area contributed by atoms with E-state index in [0.717, 1.165) is 24.3 Å². The number of benzene rings is 3. The second kappa shape index (κ2) is 11.1. The van der Waals surface area contributed by atoms with Crippen molar-refractivity contribution in [3.05, 3.63) is 98.1 Å². The molecule has 0 saturated heterocycles. The molecule has 0 aliphatic carbocycles. The van der Waals surface area contributed by atoms with Gasteiger partial charge in [-0.2, -0.15) is 13.5 Å². The van der Waals surface area contributed by atoms with Crippen molar-refractivity contribution in [2.24, 2.45) is 5.10 Å². The van der Waals surface area contributed by atoms with Gasteiger partial charge in [0.2, 0.25) is 0 Å². The van der Waals surface area contributed by atoms with Crippen molar-refractivity contribution in [2.75, 3.05) is 6.61 Å². The summed E-state index contributed by atoms with van der Waals surface area (Å²) < 4.78 is 35.8. The van der Waals surface area contributed by atoms with Gasteiger partial charge in [-0.1, -0.05) is 12.1 Å². The lowest BCUT2D eigenvalue weighted by Gasteiger charge is -2.12. The van der Waals surface area contributed by atoms with E-state index in [1.165, 1.54) is 48.7 Å². The summed E-state index contributed by atoms with van der Waals surface area (Å²) in [5.41, 5.74) is 1.76. The maximum absolute atomic E-state index is 12.6. The fraction of sp³-hybridized carbons (Fsp3) is 0.0909. The summed E-state index contributed by atoms with van der Waals surface area (Å²) in [5.74, 6) is -0.883. The van der Waals surface area contributed by atoms with E-state index in [1.54, 1.807) is 6.92 Å². The number of nitro groups is 2. The Morgan fingerprint density at radius 2 is 1.69 bits per heavy atom. The monoisotopic (exact) mass is 514 g/mol. The summed E-state index contributed by atoms with van der Waals surface area (Å²) in [6.07, 6.45) is 1.23. The number of nitro benzene ring substituents is 2. The van der Waals surface area contributed by atoms with Crippen LogP contribution in [0.2, 0.25) is 0 Å². The number of amides is 1. The third kappa shape index (κ3) is 6.18. The predicted octanol–water partition coefficient (Wildman–Crippen LogP) is 3.43. The van der Waals surface area contributed by atoms with Crippen molar-refractivity contribution in [3.63, 3.8) is 0 Å². The van der Waals surface area contributed by atoms with Gasteiger partial charge >= 0.3 is 10.1 Å². The van der Waals surface area contributed by atoms with Crippen LogP contribution < -0.4 is 14.3 Å². The molecular weight excluding hydrogens is 496 g/mol. The largest absolute Gasteiger partial charge is 0.490 e. The highest BCUT2D eigenvalue weighted by molar-refractivity contribution is 7.87. The van der Waals surface area contributed by atoms with Crippen LogP contribution in [-0.2, 0) is 10.1 Å². The molecule has 0 saturated carbocycles. The Bertz CT molecular complexity index is 1440. The molecule has 0 aliphatic rings. The minimum absolute atomic E-state index is 0.0527. The smallest absolute Gasteiger partial charge is 0.339 e. The Morgan fingerprint density at radius 1 is 1.00 bits per heavy atom. The zero-order chi connectivity index (χ0) is 26.3. The van der Waals surface area contributed by atoms with E-state index < -0.39 is 25.9 Å². The van der Waals surface area contributed by atoms with Gasteiger partial charge in [0.1, 0.15) is 10.5 Å². The van der Waals surface area contributed by atoms with Crippen LogP contribution in [-0.4, -0.2) is 37.0 Å². The molecule has 0 radical (unpaired) electrons. The molecule has 3 rings (SSSR count). The SMILES string of the molecule is CCOc1cc(/C=N\NC(=O)c2ccccc2[N+](=O)[O-])ccc1OS(=O)(=O)c1ccc([N+](=O)[O-])cc1. The topological polar surface area (TPSA) is 180 Å². The average Bonchev–Trinajstić information content (AvgIpc) is 2.85. The Morgan fingerprint density at radius 3 is 2.33 bits per heavy atom. The lowest BCUT2D eigenvalue weighted by atomic mass is 10.2. The van der Waals surface area contributed by atoms with E-state index in [2.05, 4.69) is 10.5 Å². The van der Waals surface area contributed by atoms with Crippen LogP contribution >= 0.6 is 0 Å². The second-order valence-corrected chi connectivity index (χ2v) is 8.45. The summed E-state index contributed by atoms with van der Waals surface area (Å²) in [6.45, 7) is 1.84. The summed E-state index contributed by atoms with van der Waals surface area (Å²) in [6, 6.07) is 13.7. The average molecular weight is 514 g/mol. The van der Waals surface area contributed by atoms with Crippen molar-refractivity contribution in [1.29, 1.82) is 0 Å². The van der Waals surface area contributed by atoms with Gasteiger partial charge in [0.05, 0.1) is 22.7 Å². The molecule has 14 heteroatoms. The Hall–Kier alpha value is -4.85. The number of carbonyl (C=O) groups is 1. The third-order valence-corrected chi connectivity index (χ3v) is 5.78. The van der Waals surface area contributed by atoms with Crippen LogP contribution in [0.4, 0.5) is 11.4 Å². The van der Waals surface area contributed by atoms with Gasteiger partial charge in [-0.3, -0.25) is 25.0 Å². The van der Waals surface area contributed by atoms with Gasteiger partial charge in [0, 0.05) is 18.2 Å². The van der Waals surface area contributed by atoms with Crippen molar-refractivity contribution < 1.29 is 32.0 Å². The van der Waals surface area contributed by atoms with E-state index in [4.69, 9.17) is 8.92 Å². The van der Waals surface area contributed by atoms with Crippen molar-refractivity contribution in [3.8, 4) is 11.5 Å². The molecule has 1 amide bonds. The number of carbonyl (C=O) groups excluding carboxylic acids is 1. The fourth-order valence-corrected chi connectivity index (χ4v) is 3.83. The first-order valence-corrected chi connectivity index (χ1v) is 11.6. The lowest BCUT2D eigenvalue weighted by molar-refractivity contribution is -0.385. The maximum Gasteiger partial charge on any atom is 0.339 e. The summed E-state index contributed by atoms with van der Waals surface area (Å²) >= 11 is 0. The van der Waals surface area contributed by atoms with Gasteiger partial charge in [-0.25, -0.2) is 5.43 Å². The number of hydrazone groups is 1. The number of ether oxygens (including phenoxy) is 1. The highest BCUT2D eigenvalue weighted by atomic mass is 32.2. The van der Waals surface area contributed by atoms with Crippen LogP contribution in [0.15, 0.2) is 76.7 Å². The molecule has 0 aromatic heterocycles. The van der Waals surface area contributed by atoms with Gasteiger partial charge in [-0.15, -0.1) is 0 Å². The molecule has 0 fully saturated rings. The standard InChI is InChI=1S/C22H18N4O9S/c1-2-34-21-13-15(14-23-24-22(27)18-5-3-4-6-19(18)26(30)31)7-12-20(21)35-36(32,33)17-10-8-16(9-11-17)25(28)29/h3-14H,2H2,1H3,(H,24,27)/b23-14-. The molecule has 3 aromatic carbocycles. The highest BCUT2D eigenvalue weighted by Crippen LogP contribution is 2.31. The van der Waals surface area contributed by atoms with E-state index in [1.807, 2.05) is 0 Å². The molecule has 0 bridgehead atoms. The molecule has 0 aliphatic heterocycles. The van der Waals surface area contributed by atoms with Crippen molar-refractivity contribution >= 4 is 33.6 Å². The molecule has 0 atom stereocenters. The number of hydrogen-bond donors (Lipinski definition) is 1. The molecule has 3 aromatic rings. The summed E-state index contributed by atoms with van der Waals surface area (Å²) in [7, 11) is -4.33. The number of non-ortho nitro benzene ring substituents is 1. The number of nitrogens with zero attached hydrogens (tertiary/aromatic N) is 3. The van der Waals surface area contributed by atoms with Crippen LogP contribution in [0.5, 0.6) is 11.5 Å². The number of para-hydroxylation sites is 1. The minimum Gasteiger partial charge on any atom is -0.490 e. The predicted molar refractivity (Wildman–Crippen MR) is 127 cm³/mol. The molecule has 0 unspecified atom stereocenters. The fourth-order valence-electron chi connectivity index (χ4n) is 2.89. The normalized spacial score (nSPS) is 11.1. The first-order valence-electron chi connectivity index (χ1n) is 10.1. The summed E-state index contributed by atoms with van der Waals surface area (Å²) in [4.78, 5) is 32.5. The molecule has 0 spiro atoms. The Labute approximate surface area is 204 Å². The molecule has 186 valence electrons. The van der Waals surface area contributed by atoms with Gasteiger partial charge in [0.25, 0.3) is 17.3 Å². The first-order chi connectivity index (χ1) is 17.1. The van der Waals surface area contributed by atoms with E-state index in [9.17, 15) is 33.4 Å². The van der Waals surface area contributed by atoms with Crippen LogP contribution in [0.1, 0.15) is 22.8 Å². The van der Waals surface area contributed by atoms with Crippen molar-refractivity contribution in [2.45, 2.75) is 11.8 Å². The molecule has 1 N–H and O–H groups in total.